The average molecular weight is 252 g/mol. The number of aromatic nitrogens is 2. The van der Waals surface area contributed by atoms with Crippen molar-refractivity contribution < 1.29 is 9.90 Å². The molecule has 6 heteroatoms. The van der Waals surface area contributed by atoms with Crippen molar-refractivity contribution in [2.45, 2.75) is 26.3 Å². The molecule has 0 unspecified atom stereocenters. The van der Waals surface area contributed by atoms with Crippen LogP contribution in [0.2, 0.25) is 0 Å². The molecule has 0 atom stereocenters. The van der Waals surface area contributed by atoms with Crippen molar-refractivity contribution in [2.75, 3.05) is 25.5 Å². The molecule has 0 spiro atoms. The molecule has 0 radical (unpaired) electrons. The maximum Gasteiger partial charge on any atom is 0.358 e. The van der Waals surface area contributed by atoms with Gasteiger partial charge in [0.15, 0.2) is 11.5 Å². The second-order valence-electron chi connectivity index (χ2n) is 4.41. The Morgan fingerprint density at radius 2 is 2.11 bits per heavy atom. The molecule has 0 aliphatic carbocycles. The topological polar surface area (TPSA) is 78.3 Å². The SMILES string of the molecule is CC(C)N(C)CCCNc1nccnc1C(=O)O. The summed E-state index contributed by atoms with van der Waals surface area (Å²) in [7, 11) is 2.07. The van der Waals surface area contributed by atoms with Crippen LogP contribution >= 0.6 is 0 Å². The molecule has 0 aliphatic heterocycles. The van der Waals surface area contributed by atoms with E-state index >= 15 is 0 Å². The molecule has 1 rings (SSSR count). The first kappa shape index (κ1) is 14.4. The first-order valence-electron chi connectivity index (χ1n) is 6.00. The van der Waals surface area contributed by atoms with E-state index in [9.17, 15) is 4.79 Å². The normalized spacial score (nSPS) is 10.9. The zero-order valence-corrected chi connectivity index (χ0v) is 11.1. The van der Waals surface area contributed by atoms with Gasteiger partial charge in [0.25, 0.3) is 0 Å². The number of carboxylic acid groups (broad SMARTS) is 1. The van der Waals surface area contributed by atoms with Crippen molar-refractivity contribution >= 4 is 11.8 Å². The van der Waals surface area contributed by atoms with Crippen LogP contribution in [-0.2, 0) is 0 Å². The van der Waals surface area contributed by atoms with Crippen molar-refractivity contribution in [2.24, 2.45) is 0 Å². The van der Waals surface area contributed by atoms with Crippen LogP contribution in [0.5, 0.6) is 0 Å². The van der Waals surface area contributed by atoms with Crippen LogP contribution in [0.3, 0.4) is 0 Å². The Hall–Kier alpha value is -1.69. The third-order valence-electron chi connectivity index (χ3n) is 2.76. The third kappa shape index (κ3) is 4.29. The van der Waals surface area contributed by atoms with Crippen LogP contribution in [0.15, 0.2) is 12.4 Å². The molecule has 0 bridgehead atoms. The van der Waals surface area contributed by atoms with Gasteiger partial charge >= 0.3 is 5.97 Å². The number of nitrogens with one attached hydrogen (secondary N) is 1. The number of carbonyl (C=O) groups is 1. The summed E-state index contributed by atoms with van der Waals surface area (Å²) in [5.74, 6) is -0.734. The summed E-state index contributed by atoms with van der Waals surface area (Å²) < 4.78 is 0. The Bertz CT molecular complexity index is 395. The van der Waals surface area contributed by atoms with E-state index in [0.29, 0.717) is 18.4 Å². The van der Waals surface area contributed by atoms with Gasteiger partial charge in [0.1, 0.15) is 0 Å². The molecule has 2 N–H and O–H groups in total. The van der Waals surface area contributed by atoms with E-state index in [2.05, 4.69) is 41.1 Å². The largest absolute Gasteiger partial charge is 0.476 e. The van der Waals surface area contributed by atoms with Gasteiger partial charge in [-0.1, -0.05) is 0 Å². The lowest BCUT2D eigenvalue weighted by Crippen LogP contribution is -2.28. The molecule has 0 aliphatic rings. The average Bonchev–Trinajstić information content (AvgIpc) is 2.34. The molecule has 0 saturated heterocycles. The lowest BCUT2D eigenvalue weighted by Gasteiger charge is -2.20. The van der Waals surface area contributed by atoms with Gasteiger partial charge in [0.05, 0.1) is 0 Å². The molecule has 0 saturated carbocycles. The van der Waals surface area contributed by atoms with Crippen LogP contribution in [-0.4, -0.2) is 52.1 Å². The zero-order chi connectivity index (χ0) is 13.5. The fraction of sp³-hybridized carbons (Fsp3) is 0.583. The smallest absolute Gasteiger partial charge is 0.358 e. The van der Waals surface area contributed by atoms with Gasteiger partial charge in [-0.15, -0.1) is 0 Å². The first-order valence-corrected chi connectivity index (χ1v) is 6.00. The maximum absolute atomic E-state index is 10.9. The molecule has 0 amide bonds. The third-order valence-corrected chi connectivity index (χ3v) is 2.76. The highest BCUT2D eigenvalue weighted by Crippen LogP contribution is 2.07. The minimum atomic E-state index is -1.06. The Balaban J connectivity index is 2.42. The fourth-order valence-corrected chi connectivity index (χ4v) is 1.42. The molecule has 1 aromatic rings. The number of carboxylic acids is 1. The highest BCUT2D eigenvalue weighted by molar-refractivity contribution is 5.90. The molecule has 1 heterocycles. The number of hydrogen-bond donors (Lipinski definition) is 2. The lowest BCUT2D eigenvalue weighted by molar-refractivity contribution is 0.0691. The number of anilines is 1. The number of rotatable bonds is 7. The van der Waals surface area contributed by atoms with E-state index in [0.717, 1.165) is 13.0 Å². The summed E-state index contributed by atoms with van der Waals surface area (Å²) in [5.41, 5.74) is -0.0327. The molecule has 100 valence electrons. The minimum Gasteiger partial charge on any atom is -0.476 e. The summed E-state index contributed by atoms with van der Waals surface area (Å²) in [6, 6.07) is 0.510. The van der Waals surface area contributed by atoms with Crippen molar-refractivity contribution in [3.05, 3.63) is 18.1 Å². The number of nitrogens with zero attached hydrogens (tertiary/aromatic N) is 3. The summed E-state index contributed by atoms with van der Waals surface area (Å²) in [5, 5.41) is 11.9. The molecule has 0 aromatic carbocycles. The van der Waals surface area contributed by atoms with Crippen molar-refractivity contribution in [1.82, 2.24) is 14.9 Å². The number of aromatic carboxylic acids is 1. The van der Waals surface area contributed by atoms with E-state index in [1.807, 2.05) is 0 Å². The van der Waals surface area contributed by atoms with Crippen LogP contribution in [0.1, 0.15) is 30.8 Å². The summed E-state index contributed by atoms with van der Waals surface area (Å²) in [6.07, 6.45) is 3.78. The predicted molar refractivity (Wildman–Crippen MR) is 69.9 cm³/mol. The highest BCUT2D eigenvalue weighted by atomic mass is 16.4. The highest BCUT2D eigenvalue weighted by Gasteiger charge is 2.11. The van der Waals surface area contributed by atoms with E-state index < -0.39 is 5.97 Å². The van der Waals surface area contributed by atoms with Crippen LogP contribution < -0.4 is 5.32 Å². The van der Waals surface area contributed by atoms with E-state index in [1.54, 1.807) is 0 Å². The van der Waals surface area contributed by atoms with E-state index in [1.165, 1.54) is 12.4 Å². The summed E-state index contributed by atoms with van der Waals surface area (Å²) in [4.78, 5) is 20.9. The van der Waals surface area contributed by atoms with Gasteiger partial charge in [-0.25, -0.2) is 14.8 Å². The van der Waals surface area contributed by atoms with Gasteiger partial charge in [0, 0.05) is 25.0 Å². The second-order valence-corrected chi connectivity index (χ2v) is 4.41. The van der Waals surface area contributed by atoms with Gasteiger partial charge < -0.3 is 15.3 Å². The Morgan fingerprint density at radius 3 is 2.72 bits per heavy atom. The van der Waals surface area contributed by atoms with Crippen molar-refractivity contribution in [3.8, 4) is 0 Å². The van der Waals surface area contributed by atoms with Crippen molar-refractivity contribution in [1.29, 1.82) is 0 Å². The van der Waals surface area contributed by atoms with E-state index in [4.69, 9.17) is 5.11 Å². The Morgan fingerprint density at radius 1 is 1.44 bits per heavy atom. The molecule has 18 heavy (non-hydrogen) atoms. The molecule has 1 aromatic heterocycles. The van der Waals surface area contributed by atoms with Gasteiger partial charge in [-0.2, -0.15) is 0 Å². The van der Waals surface area contributed by atoms with Gasteiger partial charge in [0.2, 0.25) is 0 Å². The summed E-state index contributed by atoms with van der Waals surface area (Å²) >= 11 is 0. The standard InChI is InChI=1S/C12H20N4O2/c1-9(2)16(3)8-4-5-14-11-10(12(17)18)13-6-7-15-11/h6-7,9H,4-5,8H2,1-3H3,(H,14,15)(H,17,18). The second kappa shape index (κ2) is 6.90. The molecular weight excluding hydrogens is 232 g/mol. The molecule has 6 nitrogen and oxygen atoms in total. The van der Waals surface area contributed by atoms with Crippen LogP contribution in [0, 0.1) is 0 Å². The lowest BCUT2D eigenvalue weighted by atomic mass is 10.3. The van der Waals surface area contributed by atoms with E-state index in [-0.39, 0.29) is 5.69 Å². The van der Waals surface area contributed by atoms with Crippen LogP contribution in [0.25, 0.3) is 0 Å². The predicted octanol–water partition coefficient (Wildman–Crippen LogP) is 1.32. The minimum absolute atomic E-state index is 0.0327. The van der Waals surface area contributed by atoms with Gasteiger partial charge in [-0.05, 0) is 33.9 Å². The monoisotopic (exact) mass is 252 g/mol. The quantitative estimate of drug-likeness (QED) is 0.712. The Labute approximate surface area is 107 Å². The van der Waals surface area contributed by atoms with Crippen molar-refractivity contribution in [3.63, 3.8) is 0 Å². The van der Waals surface area contributed by atoms with Gasteiger partial charge in [-0.3, -0.25) is 0 Å². The molecular formula is C12H20N4O2. The Kier molecular flexibility index (Phi) is 5.51. The zero-order valence-electron chi connectivity index (χ0n) is 11.1. The summed E-state index contributed by atoms with van der Waals surface area (Å²) in [6.45, 7) is 5.90. The maximum atomic E-state index is 10.9. The fourth-order valence-electron chi connectivity index (χ4n) is 1.42. The first-order chi connectivity index (χ1) is 8.52. The molecule has 0 fully saturated rings. The van der Waals surface area contributed by atoms with Crippen LogP contribution in [0.4, 0.5) is 5.82 Å². The number of hydrogen-bond acceptors (Lipinski definition) is 5.